The second-order valence-electron chi connectivity index (χ2n) is 14.4. The molecule has 2 unspecified atom stereocenters. The van der Waals surface area contributed by atoms with E-state index in [-0.39, 0.29) is 17.4 Å². The molecule has 244 valence electrons. The van der Waals surface area contributed by atoms with E-state index < -0.39 is 0 Å². The van der Waals surface area contributed by atoms with Crippen molar-refractivity contribution >= 4 is 22.3 Å². The summed E-state index contributed by atoms with van der Waals surface area (Å²) in [5.74, 6) is 0.197. The number of para-hydroxylation sites is 2. The van der Waals surface area contributed by atoms with E-state index in [9.17, 15) is 0 Å². The maximum absolute atomic E-state index is 5.21. The van der Waals surface area contributed by atoms with Gasteiger partial charge in [-0.2, -0.15) is 0 Å². The number of aromatic nitrogens is 2. The first-order valence-corrected chi connectivity index (χ1v) is 17.9. The molecule has 10 rings (SSSR count). The second-order valence-corrected chi connectivity index (χ2v) is 14.4. The third-order valence-corrected chi connectivity index (χ3v) is 11.3. The minimum Gasteiger partial charge on any atom is -0.333 e. The summed E-state index contributed by atoms with van der Waals surface area (Å²) < 4.78 is 2.41. The van der Waals surface area contributed by atoms with Crippen molar-refractivity contribution in [2.24, 2.45) is 0 Å². The molecule has 1 aliphatic heterocycles. The van der Waals surface area contributed by atoms with Crippen LogP contribution in [0.2, 0.25) is 0 Å². The van der Waals surface area contributed by atoms with Crippen LogP contribution < -0.4 is 4.90 Å². The quantitative estimate of drug-likeness (QED) is 0.188. The van der Waals surface area contributed by atoms with Crippen LogP contribution in [-0.4, -0.2) is 9.55 Å². The van der Waals surface area contributed by atoms with Gasteiger partial charge in [0.1, 0.15) is 0 Å². The lowest BCUT2D eigenvalue weighted by Crippen LogP contribution is -2.31. The van der Waals surface area contributed by atoms with E-state index in [0.717, 1.165) is 28.2 Å². The highest BCUT2D eigenvalue weighted by molar-refractivity contribution is 6.03. The fourth-order valence-corrected chi connectivity index (χ4v) is 9.04. The van der Waals surface area contributed by atoms with Crippen LogP contribution in [0.3, 0.4) is 0 Å². The van der Waals surface area contributed by atoms with Crippen LogP contribution in [0.25, 0.3) is 50.2 Å². The summed E-state index contributed by atoms with van der Waals surface area (Å²) in [4.78, 5) is 7.84. The van der Waals surface area contributed by atoms with E-state index in [1.54, 1.807) is 0 Å². The molecule has 0 N–H and O–H groups in total. The van der Waals surface area contributed by atoms with Crippen molar-refractivity contribution in [3.63, 3.8) is 0 Å². The molecule has 0 amide bonds. The molecule has 0 saturated heterocycles. The maximum Gasteiger partial charge on any atom is 0.0730 e. The zero-order chi connectivity index (χ0) is 34.1. The second kappa shape index (κ2) is 11.4. The maximum atomic E-state index is 5.21. The van der Waals surface area contributed by atoms with Gasteiger partial charge in [-0.05, 0) is 58.5 Å². The molecule has 0 fully saturated rings. The monoisotopic (exact) mass is 655 g/mol. The summed E-state index contributed by atoms with van der Waals surface area (Å²) in [6, 6.07) is 61.9. The van der Waals surface area contributed by atoms with Gasteiger partial charge in [-0.25, -0.2) is 4.98 Å². The average molecular weight is 656 g/mol. The third-order valence-electron chi connectivity index (χ3n) is 11.3. The molecule has 1 aliphatic carbocycles. The zero-order valence-electron chi connectivity index (χ0n) is 28.7. The summed E-state index contributed by atoms with van der Waals surface area (Å²) in [7, 11) is 0. The highest BCUT2D eigenvalue weighted by atomic mass is 15.2. The van der Waals surface area contributed by atoms with Crippen LogP contribution in [0.4, 0.5) is 11.4 Å². The fourth-order valence-electron chi connectivity index (χ4n) is 9.04. The van der Waals surface area contributed by atoms with Crippen molar-refractivity contribution in [2.75, 3.05) is 4.90 Å². The first kappa shape index (κ1) is 29.7. The van der Waals surface area contributed by atoms with Crippen LogP contribution >= 0.6 is 0 Å². The molecule has 2 aromatic heterocycles. The lowest BCUT2D eigenvalue weighted by atomic mass is 9.72. The molecule has 0 saturated carbocycles. The smallest absolute Gasteiger partial charge is 0.0730 e. The molecule has 0 spiro atoms. The van der Waals surface area contributed by atoms with Gasteiger partial charge in [-0.1, -0.05) is 147 Å². The Morgan fingerprint density at radius 1 is 0.549 bits per heavy atom. The summed E-state index contributed by atoms with van der Waals surface area (Å²) in [5, 5.41) is 1.22. The molecular weight excluding hydrogens is 619 g/mol. The molecule has 3 heterocycles. The minimum atomic E-state index is -0.117. The molecule has 6 aromatic carbocycles. The standard InChI is InChI=1S/C48H37N3/c1-48(2)40-24-14-12-22-37(40)47-45(48)39-27-26-34-28-29-50(46(34)44(39)38-23-13-15-25-43(38)51(47)35-20-10-5-11-21-35)36-30-41(32-16-6-3-7-17-32)49-42(31-36)33-18-8-4-9-19-33/h3-31,45,47H,1-2H3. The fraction of sp³-hybridized carbons (Fsp3) is 0.104. The van der Waals surface area contributed by atoms with Crippen LogP contribution in [0, 0.1) is 0 Å². The molecule has 3 heteroatoms. The summed E-state index contributed by atoms with van der Waals surface area (Å²) in [6.07, 6.45) is 2.25. The SMILES string of the molecule is CC1(C)c2ccccc2C2C1c1ccc3ccn(-c4cc(-c5ccccc5)nc(-c5ccccc5)c4)c3c1-c1ccccc1N2c1ccccc1. The van der Waals surface area contributed by atoms with E-state index in [4.69, 9.17) is 4.98 Å². The Kier molecular flexibility index (Phi) is 6.66. The number of benzene rings is 6. The first-order valence-electron chi connectivity index (χ1n) is 17.9. The number of fused-ring (bicyclic) bond motifs is 9. The van der Waals surface area contributed by atoms with Gasteiger partial charge in [-0.3, -0.25) is 0 Å². The van der Waals surface area contributed by atoms with E-state index in [1.807, 2.05) is 0 Å². The topological polar surface area (TPSA) is 21.1 Å². The lowest BCUT2D eigenvalue weighted by molar-refractivity contribution is 0.403. The van der Waals surface area contributed by atoms with Crippen molar-refractivity contribution in [3.05, 3.63) is 193 Å². The van der Waals surface area contributed by atoms with Gasteiger partial charge in [0.2, 0.25) is 0 Å². The van der Waals surface area contributed by atoms with Gasteiger partial charge < -0.3 is 9.47 Å². The summed E-state index contributed by atoms with van der Waals surface area (Å²) in [6.45, 7) is 4.90. The molecule has 2 atom stereocenters. The predicted molar refractivity (Wildman–Crippen MR) is 211 cm³/mol. The van der Waals surface area contributed by atoms with E-state index in [0.29, 0.717) is 0 Å². The molecule has 0 radical (unpaired) electrons. The van der Waals surface area contributed by atoms with E-state index >= 15 is 0 Å². The van der Waals surface area contributed by atoms with Crippen LogP contribution in [-0.2, 0) is 5.41 Å². The minimum absolute atomic E-state index is 0.117. The van der Waals surface area contributed by atoms with E-state index in [2.05, 4.69) is 199 Å². The highest BCUT2D eigenvalue weighted by Crippen LogP contribution is 2.63. The van der Waals surface area contributed by atoms with Crippen LogP contribution in [0.15, 0.2) is 176 Å². The third kappa shape index (κ3) is 4.54. The molecule has 0 bridgehead atoms. The van der Waals surface area contributed by atoms with Gasteiger partial charge >= 0.3 is 0 Å². The first-order chi connectivity index (χ1) is 25.1. The van der Waals surface area contributed by atoms with Crippen LogP contribution in [0.5, 0.6) is 0 Å². The Labute approximate surface area is 299 Å². The Morgan fingerprint density at radius 2 is 1.16 bits per heavy atom. The number of pyridine rings is 1. The zero-order valence-corrected chi connectivity index (χ0v) is 28.7. The number of anilines is 2. The Balaban J connectivity index is 1.30. The Hall–Kier alpha value is -6.19. The number of rotatable bonds is 4. The number of nitrogens with zero attached hydrogens (tertiary/aromatic N) is 3. The van der Waals surface area contributed by atoms with Crippen molar-refractivity contribution in [1.29, 1.82) is 0 Å². The highest BCUT2D eigenvalue weighted by Gasteiger charge is 2.52. The van der Waals surface area contributed by atoms with Crippen molar-refractivity contribution in [1.82, 2.24) is 9.55 Å². The average Bonchev–Trinajstić information content (AvgIpc) is 3.68. The number of hydrogen-bond acceptors (Lipinski definition) is 2. The summed E-state index contributed by atoms with van der Waals surface area (Å²) in [5.41, 5.74) is 15.5. The molecule has 2 aliphatic rings. The molecule has 3 nitrogen and oxygen atoms in total. The lowest BCUT2D eigenvalue weighted by Gasteiger charge is -2.38. The molecule has 51 heavy (non-hydrogen) atoms. The number of hydrogen-bond donors (Lipinski definition) is 0. The van der Waals surface area contributed by atoms with Gasteiger partial charge in [0.25, 0.3) is 0 Å². The van der Waals surface area contributed by atoms with E-state index in [1.165, 1.54) is 50.1 Å². The van der Waals surface area contributed by atoms with Crippen molar-refractivity contribution in [3.8, 4) is 39.3 Å². The molecule has 8 aromatic rings. The largest absolute Gasteiger partial charge is 0.333 e. The molecular formula is C48H37N3. The normalized spacial score (nSPS) is 16.9. The van der Waals surface area contributed by atoms with Gasteiger partial charge in [0.05, 0.1) is 22.9 Å². The van der Waals surface area contributed by atoms with Crippen molar-refractivity contribution in [2.45, 2.75) is 31.2 Å². The summed E-state index contributed by atoms with van der Waals surface area (Å²) >= 11 is 0. The van der Waals surface area contributed by atoms with Gasteiger partial charge in [-0.15, -0.1) is 0 Å². The van der Waals surface area contributed by atoms with Gasteiger partial charge in [0.15, 0.2) is 0 Å². The van der Waals surface area contributed by atoms with Crippen molar-refractivity contribution < 1.29 is 0 Å². The predicted octanol–water partition coefficient (Wildman–Crippen LogP) is 12.3. The van der Waals surface area contributed by atoms with Crippen LogP contribution in [0.1, 0.15) is 42.5 Å². The van der Waals surface area contributed by atoms with Gasteiger partial charge in [0, 0.05) is 56.8 Å². The Bertz CT molecular complexity index is 2510. The Morgan fingerprint density at radius 3 is 1.86 bits per heavy atom.